The van der Waals surface area contributed by atoms with E-state index in [9.17, 15) is 4.79 Å². The Morgan fingerprint density at radius 1 is 1.09 bits per heavy atom. The highest BCUT2D eigenvalue weighted by atomic mass is 16.6. The standard InChI is InChI=1S/C26H38N6O2/c1-19-18-27-24(29-23(19)30(5)21-8-6-7-9-21)28-20-10-12-22(13-11-20)31-14-16-32(17-15-31)25(33)34-26(2,3)4/h10-13,18,21H,6-9,14-17H2,1-5H3,(H,27,28,29). The van der Waals surface area contributed by atoms with E-state index in [1.165, 1.54) is 25.7 Å². The predicted molar refractivity (Wildman–Crippen MR) is 137 cm³/mol. The Hall–Kier alpha value is -3.03. The molecule has 8 heteroatoms. The second-order valence-electron chi connectivity index (χ2n) is 10.4. The SMILES string of the molecule is Cc1cnc(Nc2ccc(N3CCN(C(=O)OC(C)(C)C)CC3)cc2)nc1N(C)C1CCCC1. The minimum atomic E-state index is -0.467. The second kappa shape index (κ2) is 10.1. The Kier molecular flexibility index (Phi) is 7.14. The highest BCUT2D eigenvalue weighted by Gasteiger charge is 2.26. The molecule has 184 valence electrons. The highest BCUT2D eigenvalue weighted by molar-refractivity contribution is 5.69. The first-order chi connectivity index (χ1) is 16.2. The Labute approximate surface area is 203 Å². The summed E-state index contributed by atoms with van der Waals surface area (Å²) in [7, 11) is 2.15. The molecule has 2 aromatic rings. The van der Waals surface area contributed by atoms with E-state index in [1.54, 1.807) is 4.90 Å². The van der Waals surface area contributed by atoms with Crippen molar-refractivity contribution in [2.75, 3.05) is 48.3 Å². The number of nitrogens with zero attached hydrogens (tertiary/aromatic N) is 5. The molecule has 1 aromatic heterocycles. The third kappa shape index (κ3) is 5.90. The number of aromatic nitrogens is 2. The molecule has 1 saturated heterocycles. The molecule has 0 radical (unpaired) electrons. The third-order valence-corrected chi connectivity index (χ3v) is 6.57. The number of ether oxygens (including phenoxy) is 1. The summed E-state index contributed by atoms with van der Waals surface area (Å²) in [5.74, 6) is 1.62. The molecule has 0 spiro atoms. The second-order valence-corrected chi connectivity index (χ2v) is 10.4. The zero-order chi connectivity index (χ0) is 24.3. The van der Waals surface area contributed by atoms with E-state index in [2.05, 4.69) is 58.3 Å². The quantitative estimate of drug-likeness (QED) is 0.667. The summed E-state index contributed by atoms with van der Waals surface area (Å²) in [6.07, 6.45) is 6.73. The number of nitrogens with one attached hydrogen (secondary N) is 1. The normalized spacial score (nSPS) is 17.1. The lowest BCUT2D eigenvalue weighted by atomic mass is 10.2. The number of benzene rings is 1. The Balaban J connectivity index is 1.35. The number of piperazine rings is 1. The molecule has 1 N–H and O–H groups in total. The fourth-order valence-corrected chi connectivity index (χ4v) is 4.67. The molecule has 2 heterocycles. The van der Waals surface area contributed by atoms with Gasteiger partial charge in [-0.25, -0.2) is 9.78 Å². The molecule has 0 bridgehead atoms. The Bertz CT molecular complexity index is 974. The molecule has 2 fully saturated rings. The van der Waals surface area contributed by atoms with Gasteiger partial charge in [-0.15, -0.1) is 0 Å². The van der Waals surface area contributed by atoms with Crippen LogP contribution in [-0.4, -0.2) is 65.8 Å². The van der Waals surface area contributed by atoms with Crippen LogP contribution < -0.4 is 15.1 Å². The van der Waals surface area contributed by atoms with Crippen molar-refractivity contribution in [1.82, 2.24) is 14.9 Å². The monoisotopic (exact) mass is 466 g/mol. The molecule has 0 atom stereocenters. The lowest BCUT2D eigenvalue weighted by molar-refractivity contribution is 0.0240. The largest absolute Gasteiger partial charge is 0.444 e. The summed E-state index contributed by atoms with van der Waals surface area (Å²) >= 11 is 0. The van der Waals surface area contributed by atoms with Crippen LogP contribution in [0.25, 0.3) is 0 Å². The fraction of sp³-hybridized carbons (Fsp3) is 0.577. The molecule has 8 nitrogen and oxygen atoms in total. The predicted octanol–water partition coefficient (Wildman–Crippen LogP) is 4.96. The molecular weight excluding hydrogens is 428 g/mol. The van der Waals surface area contributed by atoms with Crippen molar-refractivity contribution in [3.05, 3.63) is 36.0 Å². The average Bonchev–Trinajstić information content (AvgIpc) is 3.34. The summed E-state index contributed by atoms with van der Waals surface area (Å²) in [5.41, 5.74) is 2.72. The molecule has 1 aromatic carbocycles. The van der Waals surface area contributed by atoms with Gasteiger partial charge in [-0.2, -0.15) is 4.98 Å². The van der Waals surface area contributed by atoms with Gasteiger partial charge in [0.15, 0.2) is 0 Å². The van der Waals surface area contributed by atoms with Gasteiger partial charge in [0, 0.05) is 62.4 Å². The zero-order valence-corrected chi connectivity index (χ0v) is 21.2. The van der Waals surface area contributed by atoms with Crippen molar-refractivity contribution in [3.63, 3.8) is 0 Å². The van der Waals surface area contributed by atoms with Crippen LogP contribution in [0.4, 0.5) is 27.9 Å². The zero-order valence-electron chi connectivity index (χ0n) is 21.2. The van der Waals surface area contributed by atoms with E-state index in [1.807, 2.05) is 27.0 Å². The van der Waals surface area contributed by atoms with Crippen LogP contribution in [-0.2, 0) is 4.74 Å². The van der Waals surface area contributed by atoms with Gasteiger partial charge in [-0.3, -0.25) is 0 Å². The minimum Gasteiger partial charge on any atom is -0.444 e. The van der Waals surface area contributed by atoms with Crippen LogP contribution in [0.15, 0.2) is 30.5 Å². The Morgan fingerprint density at radius 2 is 1.74 bits per heavy atom. The molecule has 1 aliphatic heterocycles. The molecular formula is C26H38N6O2. The maximum atomic E-state index is 12.3. The lowest BCUT2D eigenvalue weighted by Gasteiger charge is -2.36. The molecule has 1 saturated carbocycles. The van der Waals surface area contributed by atoms with Gasteiger partial charge in [-0.1, -0.05) is 12.8 Å². The van der Waals surface area contributed by atoms with Crippen molar-refractivity contribution in [3.8, 4) is 0 Å². The lowest BCUT2D eigenvalue weighted by Crippen LogP contribution is -2.50. The first-order valence-electron chi connectivity index (χ1n) is 12.4. The maximum Gasteiger partial charge on any atom is 0.410 e. The maximum absolute atomic E-state index is 12.3. The van der Waals surface area contributed by atoms with Crippen molar-refractivity contribution in [2.45, 2.75) is 65.0 Å². The van der Waals surface area contributed by atoms with E-state index >= 15 is 0 Å². The molecule has 1 aliphatic carbocycles. The van der Waals surface area contributed by atoms with Gasteiger partial charge in [0.1, 0.15) is 11.4 Å². The van der Waals surface area contributed by atoms with E-state index in [0.29, 0.717) is 25.1 Å². The van der Waals surface area contributed by atoms with Crippen LogP contribution >= 0.6 is 0 Å². The van der Waals surface area contributed by atoms with Crippen molar-refractivity contribution in [2.24, 2.45) is 0 Å². The number of carbonyl (C=O) groups excluding carboxylic acids is 1. The van der Waals surface area contributed by atoms with Crippen molar-refractivity contribution >= 4 is 29.2 Å². The fourth-order valence-electron chi connectivity index (χ4n) is 4.67. The van der Waals surface area contributed by atoms with Gasteiger partial charge in [0.05, 0.1) is 0 Å². The number of hydrogen-bond donors (Lipinski definition) is 1. The molecule has 34 heavy (non-hydrogen) atoms. The molecule has 0 unspecified atom stereocenters. The first kappa shape index (κ1) is 24.1. The number of amides is 1. The molecule has 4 rings (SSSR count). The van der Waals surface area contributed by atoms with Crippen LogP contribution in [0.5, 0.6) is 0 Å². The summed E-state index contributed by atoms with van der Waals surface area (Å²) in [6, 6.07) is 8.88. The summed E-state index contributed by atoms with van der Waals surface area (Å²) < 4.78 is 5.50. The third-order valence-electron chi connectivity index (χ3n) is 6.57. The minimum absolute atomic E-state index is 0.234. The number of hydrogen-bond acceptors (Lipinski definition) is 7. The Morgan fingerprint density at radius 3 is 2.35 bits per heavy atom. The van der Waals surface area contributed by atoms with Gasteiger partial charge in [-0.05, 0) is 64.8 Å². The van der Waals surface area contributed by atoms with E-state index in [4.69, 9.17) is 9.72 Å². The van der Waals surface area contributed by atoms with Crippen LogP contribution in [0.1, 0.15) is 52.0 Å². The highest BCUT2D eigenvalue weighted by Crippen LogP contribution is 2.29. The number of anilines is 4. The molecule has 1 amide bonds. The number of rotatable bonds is 5. The van der Waals surface area contributed by atoms with Gasteiger partial charge in [0.2, 0.25) is 5.95 Å². The average molecular weight is 467 g/mol. The summed E-state index contributed by atoms with van der Waals surface area (Å²) in [4.78, 5) is 28.0. The smallest absolute Gasteiger partial charge is 0.410 e. The van der Waals surface area contributed by atoms with E-state index in [-0.39, 0.29) is 6.09 Å². The topological polar surface area (TPSA) is 73.8 Å². The molecule has 2 aliphatic rings. The van der Waals surface area contributed by atoms with E-state index < -0.39 is 5.60 Å². The first-order valence-corrected chi connectivity index (χ1v) is 12.4. The van der Waals surface area contributed by atoms with Crippen molar-refractivity contribution < 1.29 is 9.53 Å². The number of aryl methyl sites for hydroxylation is 1. The van der Waals surface area contributed by atoms with Crippen LogP contribution in [0.3, 0.4) is 0 Å². The van der Waals surface area contributed by atoms with Gasteiger partial charge in [0.25, 0.3) is 0 Å². The van der Waals surface area contributed by atoms with Crippen molar-refractivity contribution in [1.29, 1.82) is 0 Å². The van der Waals surface area contributed by atoms with Crippen LogP contribution in [0, 0.1) is 6.92 Å². The van der Waals surface area contributed by atoms with Gasteiger partial charge < -0.3 is 24.8 Å². The summed E-state index contributed by atoms with van der Waals surface area (Å²) in [6.45, 7) is 10.6. The number of carbonyl (C=O) groups is 1. The van der Waals surface area contributed by atoms with Gasteiger partial charge >= 0.3 is 6.09 Å². The van der Waals surface area contributed by atoms with E-state index in [0.717, 1.165) is 35.8 Å². The summed E-state index contributed by atoms with van der Waals surface area (Å²) in [5, 5.41) is 3.35. The van der Waals surface area contributed by atoms with Crippen LogP contribution in [0.2, 0.25) is 0 Å².